The van der Waals surface area contributed by atoms with E-state index in [4.69, 9.17) is 4.74 Å². The first-order valence-corrected chi connectivity index (χ1v) is 14.8. The molecule has 1 aromatic rings. The smallest absolute Gasteiger partial charge is 0.255 e. The minimum Gasteiger partial charge on any atom is -0.507 e. The Morgan fingerprint density at radius 1 is 0.944 bits per heavy atom. The summed E-state index contributed by atoms with van der Waals surface area (Å²) in [5.74, 6) is 0.731. The van der Waals surface area contributed by atoms with Crippen LogP contribution in [-0.2, 0) is 6.42 Å². The molecule has 1 amide bonds. The highest BCUT2D eigenvalue weighted by Crippen LogP contribution is 2.44. The van der Waals surface area contributed by atoms with Crippen LogP contribution >= 0.6 is 0 Å². The van der Waals surface area contributed by atoms with Crippen LogP contribution in [0.15, 0.2) is 0 Å². The molecular formula is C31H54N2O3. The fraction of sp³-hybridized carbons (Fsp3) is 0.774. The molecule has 206 valence electrons. The predicted octanol–water partition coefficient (Wildman–Crippen LogP) is 7.48. The van der Waals surface area contributed by atoms with Gasteiger partial charge in [-0.25, -0.2) is 0 Å². The van der Waals surface area contributed by atoms with Crippen molar-refractivity contribution in [1.82, 2.24) is 10.2 Å². The highest BCUT2D eigenvalue weighted by molar-refractivity contribution is 6.00. The van der Waals surface area contributed by atoms with Crippen LogP contribution in [0, 0.1) is 13.8 Å². The van der Waals surface area contributed by atoms with Gasteiger partial charge >= 0.3 is 0 Å². The maximum absolute atomic E-state index is 13.1. The number of nitrogens with one attached hydrogen (secondary N) is 1. The van der Waals surface area contributed by atoms with E-state index in [0.717, 1.165) is 61.3 Å². The van der Waals surface area contributed by atoms with Crippen LogP contribution in [0.3, 0.4) is 0 Å². The normalized spacial score (nSPS) is 17.2. The molecule has 1 aromatic carbocycles. The number of hydrogen-bond acceptors (Lipinski definition) is 4. The van der Waals surface area contributed by atoms with Crippen LogP contribution in [0.2, 0.25) is 0 Å². The van der Waals surface area contributed by atoms with Gasteiger partial charge in [-0.1, -0.05) is 78.6 Å². The molecule has 2 rings (SSSR count). The molecule has 5 nitrogen and oxygen atoms in total. The molecule has 0 fully saturated rings. The van der Waals surface area contributed by atoms with E-state index in [2.05, 4.69) is 37.9 Å². The van der Waals surface area contributed by atoms with Gasteiger partial charge in [-0.15, -0.1) is 0 Å². The molecule has 0 saturated heterocycles. The number of phenolic OH excluding ortho intramolecular Hbond substituents is 1. The topological polar surface area (TPSA) is 61.8 Å². The molecule has 1 aliphatic heterocycles. The lowest BCUT2D eigenvalue weighted by Gasteiger charge is -2.38. The van der Waals surface area contributed by atoms with Crippen molar-refractivity contribution in [2.24, 2.45) is 0 Å². The van der Waals surface area contributed by atoms with Crippen molar-refractivity contribution in [2.75, 3.05) is 26.2 Å². The molecule has 36 heavy (non-hydrogen) atoms. The number of unbranched alkanes of at least 4 members (excludes halogenated alkanes) is 9. The number of benzene rings is 1. The monoisotopic (exact) mass is 502 g/mol. The lowest BCUT2D eigenvalue weighted by molar-refractivity contribution is 0.0517. The van der Waals surface area contributed by atoms with E-state index < -0.39 is 0 Å². The number of nitrogens with zero attached hydrogens (tertiary/aromatic N) is 1. The van der Waals surface area contributed by atoms with E-state index in [1.807, 2.05) is 13.8 Å². The lowest BCUT2D eigenvalue weighted by atomic mass is 9.84. The molecule has 0 saturated carbocycles. The van der Waals surface area contributed by atoms with Crippen molar-refractivity contribution in [3.05, 3.63) is 22.3 Å². The highest BCUT2D eigenvalue weighted by atomic mass is 16.5. The lowest BCUT2D eigenvalue weighted by Crippen LogP contribution is -2.39. The fourth-order valence-corrected chi connectivity index (χ4v) is 5.44. The molecule has 0 bridgehead atoms. The Morgan fingerprint density at radius 3 is 2.11 bits per heavy atom. The van der Waals surface area contributed by atoms with Gasteiger partial charge in [-0.05, 0) is 70.7 Å². The minimum absolute atomic E-state index is 0.105. The fourth-order valence-electron chi connectivity index (χ4n) is 5.44. The largest absolute Gasteiger partial charge is 0.507 e. The van der Waals surface area contributed by atoms with Crippen LogP contribution in [0.5, 0.6) is 11.5 Å². The second-order valence-corrected chi connectivity index (χ2v) is 11.0. The molecule has 0 spiro atoms. The summed E-state index contributed by atoms with van der Waals surface area (Å²) in [5, 5.41) is 13.9. The van der Waals surface area contributed by atoms with Gasteiger partial charge < -0.3 is 20.1 Å². The summed E-state index contributed by atoms with van der Waals surface area (Å²) in [6.07, 6.45) is 16.0. The molecule has 5 heteroatoms. The Bertz CT molecular complexity index is 819. The van der Waals surface area contributed by atoms with E-state index in [1.165, 1.54) is 64.2 Å². The second kappa shape index (κ2) is 15.5. The van der Waals surface area contributed by atoms with Crippen molar-refractivity contribution in [2.45, 2.75) is 131 Å². The summed E-state index contributed by atoms with van der Waals surface area (Å²) < 4.78 is 6.64. The number of likely N-dealkylation sites (N-methyl/N-ethyl adjacent to an activating group) is 1. The zero-order chi connectivity index (χ0) is 26.6. The summed E-state index contributed by atoms with van der Waals surface area (Å²) in [6.45, 7) is 15.9. The number of aromatic hydroxyl groups is 1. The first-order valence-electron chi connectivity index (χ1n) is 14.8. The number of carbonyl (C=O) groups excluding carboxylic acids is 1. The first-order chi connectivity index (χ1) is 17.3. The van der Waals surface area contributed by atoms with Crippen LogP contribution in [0.25, 0.3) is 0 Å². The third-order valence-corrected chi connectivity index (χ3v) is 8.22. The Labute approximate surface area is 221 Å². The summed E-state index contributed by atoms with van der Waals surface area (Å²) in [6, 6.07) is 0. The van der Waals surface area contributed by atoms with Crippen molar-refractivity contribution < 1.29 is 14.6 Å². The van der Waals surface area contributed by atoms with Crippen LogP contribution < -0.4 is 10.1 Å². The van der Waals surface area contributed by atoms with E-state index in [9.17, 15) is 9.90 Å². The zero-order valence-corrected chi connectivity index (χ0v) is 24.2. The highest BCUT2D eigenvalue weighted by Gasteiger charge is 2.36. The van der Waals surface area contributed by atoms with Gasteiger partial charge in [-0.2, -0.15) is 0 Å². The molecule has 1 atom stereocenters. The van der Waals surface area contributed by atoms with Gasteiger partial charge in [0.15, 0.2) is 0 Å². The third kappa shape index (κ3) is 8.68. The average molecular weight is 503 g/mol. The number of fused-ring (bicyclic) bond motifs is 1. The standard InChI is InChI=1S/C31H54N2O3/c1-7-10-11-12-13-14-15-16-17-18-20-31(6)21-19-26-27(28(34)24(4)25(5)29(26)36-31)30(35)32-22-23-33(8-2)9-3/h34H,7-23H2,1-6H3,(H,32,35). The van der Waals surface area contributed by atoms with Crippen molar-refractivity contribution >= 4 is 5.91 Å². The van der Waals surface area contributed by atoms with Crippen molar-refractivity contribution in [3.8, 4) is 11.5 Å². The van der Waals surface area contributed by atoms with Crippen molar-refractivity contribution in [3.63, 3.8) is 0 Å². The van der Waals surface area contributed by atoms with Crippen LogP contribution in [0.1, 0.15) is 132 Å². The SMILES string of the molecule is CCCCCCCCCCCCC1(C)CCc2c(c(C)c(C)c(O)c2C(=O)NCCN(CC)CC)O1. The molecule has 0 aromatic heterocycles. The Balaban J connectivity index is 1.94. The molecule has 0 aliphatic carbocycles. The van der Waals surface area contributed by atoms with Crippen LogP contribution in [-0.4, -0.2) is 47.7 Å². The molecule has 0 radical (unpaired) electrons. The van der Waals surface area contributed by atoms with E-state index in [-0.39, 0.29) is 17.3 Å². The summed E-state index contributed by atoms with van der Waals surface area (Å²) in [4.78, 5) is 15.4. The van der Waals surface area contributed by atoms with Gasteiger partial charge in [0.05, 0.1) is 5.56 Å². The molecule has 1 unspecified atom stereocenters. The van der Waals surface area contributed by atoms with Crippen LogP contribution in [0.4, 0.5) is 0 Å². The number of phenols is 1. The Morgan fingerprint density at radius 2 is 1.53 bits per heavy atom. The summed E-state index contributed by atoms with van der Waals surface area (Å²) in [5.41, 5.74) is 2.77. The van der Waals surface area contributed by atoms with E-state index in [1.54, 1.807) is 0 Å². The number of carbonyl (C=O) groups is 1. The zero-order valence-electron chi connectivity index (χ0n) is 24.2. The van der Waals surface area contributed by atoms with Gasteiger partial charge in [0, 0.05) is 18.7 Å². The summed E-state index contributed by atoms with van der Waals surface area (Å²) >= 11 is 0. The summed E-state index contributed by atoms with van der Waals surface area (Å²) in [7, 11) is 0. The Kier molecular flexibility index (Phi) is 13.1. The maximum atomic E-state index is 13.1. The quantitative estimate of drug-likeness (QED) is 0.217. The van der Waals surface area contributed by atoms with Gasteiger partial charge in [0.2, 0.25) is 0 Å². The minimum atomic E-state index is -0.210. The average Bonchev–Trinajstić information content (AvgIpc) is 2.87. The predicted molar refractivity (Wildman–Crippen MR) is 152 cm³/mol. The second-order valence-electron chi connectivity index (χ2n) is 11.0. The van der Waals surface area contributed by atoms with E-state index >= 15 is 0 Å². The van der Waals surface area contributed by atoms with Gasteiger partial charge in [0.25, 0.3) is 5.91 Å². The molecule has 1 aliphatic rings. The molecular weight excluding hydrogens is 448 g/mol. The number of rotatable bonds is 17. The third-order valence-electron chi connectivity index (χ3n) is 8.22. The number of hydrogen-bond donors (Lipinski definition) is 2. The molecule has 1 heterocycles. The maximum Gasteiger partial charge on any atom is 0.255 e. The Hall–Kier alpha value is -1.75. The number of amides is 1. The van der Waals surface area contributed by atoms with Gasteiger partial charge in [0.1, 0.15) is 17.1 Å². The van der Waals surface area contributed by atoms with Gasteiger partial charge in [-0.3, -0.25) is 4.79 Å². The van der Waals surface area contributed by atoms with Crippen molar-refractivity contribution in [1.29, 1.82) is 0 Å². The van der Waals surface area contributed by atoms with E-state index in [0.29, 0.717) is 12.1 Å². The number of ether oxygens (including phenoxy) is 1. The molecule has 2 N–H and O–H groups in total. The first kappa shape index (κ1) is 30.5.